The van der Waals surface area contributed by atoms with Crippen molar-refractivity contribution in [3.8, 4) is 0 Å². The van der Waals surface area contributed by atoms with Crippen molar-refractivity contribution in [1.82, 2.24) is 4.98 Å². The molecule has 16 heavy (non-hydrogen) atoms. The molecular weight excluding hydrogens is 200 g/mol. The predicted molar refractivity (Wildman–Crippen MR) is 67.8 cm³/mol. The predicted octanol–water partition coefficient (Wildman–Crippen LogP) is 1.87. The van der Waals surface area contributed by atoms with Crippen molar-refractivity contribution in [2.24, 2.45) is 11.7 Å². The Labute approximate surface area is 97.0 Å². The second-order valence-electron chi connectivity index (χ2n) is 4.32. The summed E-state index contributed by atoms with van der Waals surface area (Å²) in [5, 5.41) is 7.27. The maximum atomic E-state index is 7.27. The first-order valence-electron chi connectivity index (χ1n) is 5.57. The van der Waals surface area contributed by atoms with Crippen molar-refractivity contribution >= 4 is 11.5 Å². The van der Waals surface area contributed by atoms with Gasteiger partial charge in [-0.3, -0.25) is 10.4 Å². The number of nitrogens with one attached hydrogen (secondary N) is 1. The van der Waals surface area contributed by atoms with Gasteiger partial charge in [-0.2, -0.15) is 0 Å². The average Bonchev–Trinajstić information content (AvgIpc) is 2.25. The minimum Gasteiger partial charge on any atom is -0.388 e. The van der Waals surface area contributed by atoms with Gasteiger partial charge in [0.2, 0.25) is 0 Å². The molecule has 0 aromatic carbocycles. The monoisotopic (exact) mass is 220 g/mol. The molecule has 0 fully saturated rings. The number of aromatic nitrogens is 1. The maximum absolute atomic E-state index is 7.27. The number of rotatable bonds is 6. The fourth-order valence-corrected chi connectivity index (χ4v) is 1.58. The lowest BCUT2D eigenvalue weighted by Gasteiger charge is -2.26. The topological polar surface area (TPSA) is 66.0 Å². The Morgan fingerprint density at radius 1 is 1.44 bits per heavy atom. The Balaban J connectivity index is 2.67. The normalized spacial score (nSPS) is 10.4. The summed E-state index contributed by atoms with van der Waals surface area (Å²) in [6.45, 7) is 6.12. The van der Waals surface area contributed by atoms with Crippen LogP contribution in [0.5, 0.6) is 0 Å². The Bertz CT molecular complexity index is 321. The smallest absolute Gasteiger partial charge is 0.0923 e. The van der Waals surface area contributed by atoms with Gasteiger partial charge in [0, 0.05) is 37.6 Å². The summed E-state index contributed by atoms with van der Waals surface area (Å²) in [7, 11) is 0. The van der Waals surface area contributed by atoms with Crippen LogP contribution in [0.25, 0.3) is 0 Å². The van der Waals surface area contributed by atoms with E-state index in [1.807, 2.05) is 12.1 Å². The van der Waals surface area contributed by atoms with Crippen LogP contribution in [0.4, 0.5) is 5.69 Å². The number of pyridine rings is 1. The molecule has 0 aliphatic carbocycles. The molecule has 0 atom stereocenters. The van der Waals surface area contributed by atoms with Crippen molar-refractivity contribution in [2.45, 2.75) is 20.3 Å². The van der Waals surface area contributed by atoms with Crippen LogP contribution in [0.3, 0.4) is 0 Å². The second-order valence-corrected chi connectivity index (χ2v) is 4.32. The van der Waals surface area contributed by atoms with E-state index in [0.717, 1.165) is 18.8 Å². The van der Waals surface area contributed by atoms with E-state index in [0.29, 0.717) is 12.3 Å². The van der Waals surface area contributed by atoms with Gasteiger partial charge in [-0.05, 0) is 18.1 Å². The van der Waals surface area contributed by atoms with Crippen molar-refractivity contribution in [3.05, 3.63) is 24.5 Å². The van der Waals surface area contributed by atoms with Gasteiger partial charge in [-0.25, -0.2) is 0 Å². The highest BCUT2D eigenvalue weighted by Gasteiger charge is 2.08. The second kappa shape index (κ2) is 6.10. The molecule has 0 aliphatic rings. The fourth-order valence-electron chi connectivity index (χ4n) is 1.58. The molecule has 0 bridgehead atoms. The summed E-state index contributed by atoms with van der Waals surface area (Å²) in [6.07, 6.45) is 4.18. The highest BCUT2D eigenvalue weighted by atomic mass is 15.1. The molecule has 0 saturated carbocycles. The first kappa shape index (κ1) is 12.5. The van der Waals surface area contributed by atoms with Gasteiger partial charge in [0.25, 0.3) is 0 Å². The van der Waals surface area contributed by atoms with Crippen LogP contribution in [0.15, 0.2) is 24.5 Å². The highest BCUT2D eigenvalue weighted by Crippen LogP contribution is 2.14. The Kier molecular flexibility index (Phi) is 4.76. The molecule has 4 heteroatoms. The van der Waals surface area contributed by atoms with E-state index in [4.69, 9.17) is 11.1 Å². The van der Waals surface area contributed by atoms with Crippen molar-refractivity contribution in [3.63, 3.8) is 0 Å². The van der Waals surface area contributed by atoms with E-state index in [9.17, 15) is 0 Å². The molecule has 1 heterocycles. The number of anilines is 1. The summed E-state index contributed by atoms with van der Waals surface area (Å²) >= 11 is 0. The molecule has 0 saturated heterocycles. The average molecular weight is 220 g/mol. The molecule has 0 spiro atoms. The molecule has 0 amide bonds. The lowest BCUT2D eigenvalue weighted by molar-refractivity contribution is 0.613. The van der Waals surface area contributed by atoms with Gasteiger partial charge in [0.1, 0.15) is 0 Å². The number of hydrogen-bond acceptors (Lipinski definition) is 3. The number of nitrogens with two attached hydrogens (primary N) is 1. The van der Waals surface area contributed by atoms with Crippen LogP contribution in [-0.4, -0.2) is 23.9 Å². The summed E-state index contributed by atoms with van der Waals surface area (Å²) in [6, 6.07) is 3.98. The van der Waals surface area contributed by atoms with E-state index in [2.05, 4.69) is 23.7 Å². The Hall–Kier alpha value is -1.58. The van der Waals surface area contributed by atoms with Gasteiger partial charge >= 0.3 is 0 Å². The minimum atomic E-state index is 0.239. The van der Waals surface area contributed by atoms with Crippen LogP contribution in [0.2, 0.25) is 0 Å². The van der Waals surface area contributed by atoms with Gasteiger partial charge in [-0.1, -0.05) is 13.8 Å². The molecule has 0 radical (unpaired) electrons. The third-order valence-electron chi connectivity index (χ3n) is 2.26. The molecule has 1 aromatic rings. The fraction of sp³-hybridized carbons (Fsp3) is 0.500. The van der Waals surface area contributed by atoms with Crippen molar-refractivity contribution < 1.29 is 0 Å². The molecule has 3 N–H and O–H groups in total. The molecule has 88 valence electrons. The zero-order valence-electron chi connectivity index (χ0n) is 9.98. The molecule has 1 aromatic heterocycles. The molecular formula is C12H20N4. The number of hydrogen-bond donors (Lipinski definition) is 2. The van der Waals surface area contributed by atoms with Gasteiger partial charge < -0.3 is 10.6 Å². The minimum absolute atomic E-state index is 0.239. The van der Waals surface area contributed by atoms with Gasteiger partial charge in [0.15, 0.2) is 0 Å². The van der Waals surface area contributed by atoms with Crippen LogP contribution >= 0.6 is 0 Å². The van der Waals surface area contributed by atoms with E-state index in [-0.39, 0.29) is 5.84 Å². The SMILES string of the molecule is CC(C)CN(CCC(=N)N)c1ccncc1. The first-order valence-corrected chi connectivity index (χ1v) is 5.57. The maximum Gasteiger partial charge on any atom is 0.0923 e. The lowest BCUT2D eigenvalue weighted by atomic mass is 10.2. The zero-order valence-corrected chi connectivity index (χ0v) is 9.98. The third kappa shape index (κ3) is 4.29. The van der Waals surface area contributed by atoms with E-state index in [1.54, 1.807) is 12.4 Å². The van der Waals surface area contributed by atoms with Crippen LogP contribution in [0, 0.1) is 11.3 Å². The quantitative estimate of drug-likeness (QED) is 0.568. The lowest BCUT2D eigenvalue weighted by Crippen LogP contribution is -2.31. The van der Waals surface area contributed by atoms with E-state index >= 15 is 0 Å². The molecule has 4 nitrogen and oxygen atoms in total. The molecule has 0 unspecified atom stereocenters. The summed E-state index contributed by atoms with van der Waals surface area (Å²) < 4.78 is 0. The van der Waals surface area contributed by atoms with Gasteiger partial charge in [0.05, 0.1) is 5.84 Å². The standard InChI is InChI=1S/C12H20N4/c1-10(2)9-16(8-5-12(13)14)11-3-6-15-7-4-11/h3-4,6-7,10H,5,8-9H2,1-2H3,(H3,13,14). The van der Waals surface area contributed by atoms with Crippen molar-refractivity contribution in [2.75, 3.05) is 18.0 Å². The van der Waals surface area contributed by atoms with E-state index < -0.39 is 0 Å². The summed E-state index contributed by atoms with van der Waals surface area (Å²) in [5.41, 5.74) is 6.54. The molecule has 0 aliphatic heterocycles. The number of nitrogens with zero attached hydrogens (tertiary/aromatic N) is 2. The Morgan fingerprint density at radius 2 is 2.06 bits per heavy atom. The zero-order chi connectivity index (χ0) is 12.0. The van der Waals surface area contributed by atoms with Crippen LogP contribution in [0.1, 0.15) is 20.3 Å². The third-order valence-corrected chi connectivity index (χ3v) is 2.26. The number of amidine groups is 1. The summed E-state index contributed by atoms with van der Waals surface area (Å²) in [4.78, 5) is 6.25. The van der Waals surface area contributed by atoms with Crippen LogP contribution in [-0.2, 0) is 0 Å². The van der Waals surface area contributed by atoms with Crippen LogP contribution < -0.4 is 10.6 Å². The first-order chi connectivity index (χ1) is 7.59. The highest BCUT2D eigenvalue weighted by molar-refractivity contribution is 5.77. The Morgan fingerprint density at radius 3 is 2.56 bits per heavy atom. The summed E-state index contributed by atoms with van der Waals surface area (Å²) in [5.74, 6) is 0.822. The molecule has 1 rings (SSSR count). The van der Waals surface area contributed by atoms with E-state index in [1.165, 1.54) is 0 Å². The van der Waals surface area contributed by atoms with Gasteiger partial charge in [-0.15, -0.1) is 0 Å². The van der Waals surface area contributed by atoms with Crippen molar-refractivity contribution in [1.29, 1.82) is 5.41 Å². The largest absolute Gasteiger partial charge is 0.388 e.